The van der Waals surface area contributed by atoms with Gasteiger partial charge >= 0.3 is 0 Å². The molecular formula is C18H17BrN2O3S. The van der Waals surface area contributed by atoms with Gasteiger partial charge in [0, 0.05) is 16.1 Å². The van der Waals surface area contributed by atoms with Crippen LogP contribution in [0.25, 0.3) is 10.9 Å². The maximum absolute atomic E-state index is 11.4. The predicted molar refractivity (Wildman–Crippen MR) is 103 cm³/mol. The van der Waals surface area contributed by atoms with Crippen LogP contribution in [0.3, 0.4) is 0 Å². The van der Waals surface area contributed by atoms with Crippen molar-refractivity contribution in [1.29, 1.82) is 0 Å². The summed E-state index contributed by atoms with van der Waals surface area (Å²) in [5.41, 5.74) is 0.907. The first kappa shape index (κ1) is 17.7. The number of rotatable bonds is 6. The standard InChI is InChI=1S/C18H17BrN2O3S/c1-25(22,23)15-8-6-14(7-9-15)24-12-11-20-17-10-5-13-3-2-4-16(19)18(13)21-17/h2-10H,11-12H2,1H3,(H,20,21). The van der Waals surface area contributed by atoms with Crippen LogP contribution in [0.15, 0.2) is 64.0 Å². The number of sulfone groups is 1. The van der Waals surface area contributed by atoms with Gasteiger partial charge in [0.25, 0.3) is 0 Å². The van der Waals surface area contributed by atoms with Crippen molar-refractivity contribution < 1.29 is 13.2 Å². The lowest BCUT2D eigenvalue weighted by atomic mass is 10.2. The van der Waals surface area contributed by atoms with Gasteiger partial charge in [0.05, 0.1) is 17.0 Å². The van der Waals surface area contributed by atoms with Crippen LogP contribution in [0.1, 0.15) is 0 Å². The van der Waals surface area contributed by atoms with Gasteiger partial charge < -0.3 is 10.1 Å². The third-order valence-corrected chi connectivity index (χ3v) is 5.37. The van der Waals surface area contributed by atoms with Gasteiger partial charge in [0.1, 0.15) is 18.2 Å². The molecule has 0 fully saturated rings. The quantitative estimate of drug-likeness (QED) is 0.612. The highest BCUT2D eigenvalue weighted by Crippen LogP contribution is 2.23. The minimum atomic E-state index is -3.18. The fraction of sp³-hybridized carbons (Fsp3) is 0.167. The second-order valence-corrected chi connectivity index (χ2v) is 8.40. The second-order valence-electron chi connectivity index (χ2n) is 5.53. The fourth-order valence-corrected chi connectivity index (χ4v) is 3.44. The molecule has 0 saturated carbocycles. The number of para-hydroxylation sites is 1. The summed E-state index contributed by atoms with van der Waals surface area (Å²) < 4.78 is 29.4. The zero-order valence-electron chi connectivity index (χ0n) is 13.6. The Hall–Kier alpha value is -2.12. The molecule has 0 saturated heterocycles. The Morgan fingerprint density at radius 2 is 1.84 bits per heavy atom. The van der Waals surface area contributed by atoms with Gasteiger partial charge in [-0.25, -0.2) is 13.4 Å². The van der Waals surface area contributed by atoms with E-state index in [1.54, 1.807) is 24.3 Å². The van der Waals surface area contributed by atoms with E-state index < -0.39 is 9.84 Å². The molecule has 0 bridgehead atoms. The van der Waals surface area contributed by atoms with E-state index in [4.69, 9.17) is 4.74 Å². The topological polar surface area (TPSA) is 68.3 Å². The number of fused-ring (bicyclic) bond motifs is 1. The molecule has 1 heterocycles. The number of nitrogens with zero attached hydrogens (tertiary/aromatic N) is 1. The van der Waals surface area contributed by atoms with Gasteiger partial charge in [0.15, 0.2) is 9.84 Å². The van der Waals surface area contributed by atoms with Crippen LogP contribution >= 0.6 is 15.9 Å². The van der Waals surface area contributed by atoms with Crippen molar-refractivity contribution in [2.75, 3.05) is 24.7 Å². The predicted octanol–water partition coefficient (Wildman–Crippen LogP) is 3.89. The Morgan fingerprint density at radius 1 is 1.08 bits per heavy atom. The number of nitrogens with one attached hydrogen (secondary N) is 1. The van der Waals surface area contributed by atoms with Crippen molar-refractivity contribution in [2.24, 2.45) is 0 Å². The lowest BCUT2D eigenvalue weighted by molar-refractivity contribution is 0.332. The van der Waals surface area contributed by atoms with Crippen LogP contribution < -0.4 is 10.1 Å². The molecule has 7 heteroatoms. The Bertz CT molecular complexity index is 989. The average Bonchev–Trinajstić information content (AvgIpc) is 2.59. The van der Waals surface area contributed by atoms with Crippen LogP contribution in [0.4, 0.5) is 5.82 Å². The molecule has 0 aliphatic rings. The largest absolute Gasteiger partial charge is 0.492 e. The zero-order chi connectivity index (χ0) is 17.9. The lowest BCUT2D eigenvalue weighted by Crippen LogP contribution is -2.12. The summed E-state index contributed by atoms with van der Waals surface area (Å²) in [6, 6.07) is 16.3. The van der Waals surface area contributed by atoms with E-state index >= 15 is 0 Å². The van der Waals surface area contributed by atoms with Crippen molar-refractivity contribution in [3.63, 3.8) is 0 Å². The molecule has 3 aromatic rings. The van der Waals surface area contributed by atoms with Crippen LogP contribution in [0, 0.1) is 0 Å². The molecule has 1 aromatic heterocycles. The number of ether oxygens (including phenoxy) is 1. The number of anilines is 1. The van der Waals surface area contributed by atoms with E-state index in [1.807, 2.05) is 30.3 Å². The number of hydrogen-bond donors (Lipinski definition) is 1. The van der Waals surface area contributed by atoms with E-state index in [2.05, 4.69) is 26.2 Å². The van der Waals surface area contributed by atoms with Gasteiger partial charge in [-0.1, -0.05) is 12.1 Å². The van der Waals surface area contributed by atoms with Crippen LogP contribution in [0.5, 0.6) is 5.75 Å². The summed E-state index contributed by atoms with van der Waals surface area (Å²) in [7, 11) is -3.18. The minimum absolute atomic E-state index is 0.281. The average molecular weight is 421 g/mol. The van der Waals surface area contributed by atoms with Crippen molar-refractivity contribution in [1.82, 2.24) is 4.98 Å². The van der Waals surface area contributed by atoms with E-state index in [9.17, 15) is 8.42 Å². The number of hydrogen-bond acceptors (Lipinski definition) is 5. The summed E-state index contributed by atoms with van der Waals surface area (Å²) in [5.74, 6) is 1.40. The Labute approximate surface area is 155 Å². The number of pyridine rings is 1. The molecule has 0 amide bonds. The number of halogens is 1. The van der Waals surface area contributed by atoms with E-state index in [-0.39, 0.29) is 4.90 Å². The zero-order valence-corrected chi connectivity index (χ0v) is 16.0. The maximum atomic E-state index is 11.4. The highest BCUT2D eigenvalue weighted by Gasteiger charge is 2.06. The molecule has 0 radical (unpaired) electrons. The molecule has 25 heavy (non-hydrogen) atoms. The molecule has 0 aliphatic carbocycles. The van der Waals surface area contributed by atoms with Crippen molar-refractivity contribution >= 4 is 42.5 Å². The van der Waals surface area contributed by atoms with Gasteiger partial charge in [-0.2, -0.15) is 0 Å². The molecule has 2 aromatic carbocycles. The summed E-state index contributed by atoms with van der Waals surface area (Å²) in [6.07, 6.45) is 1.18. The Balaban J connectivity index is 1.56. The van der Waals surface area contributed by atoms with Gasteiger partial charge in [-0.05, 0) is 58.4 Å². The smallest absolute Gasteiger partial charge is 0.175 e. The lowest BCUT2D eigenvalue weighted by Gasteiger charge is -2.09. The first-order chi connectivity index (χ1) is 11.9. The third-order valence-electron chi connectivity index (χ3n) is 3.60. The maximum Gasteiger partial charge on any atom is 0.175 e. The normalized spacial score (nSPS) is 11.4. The summed E-state index contributed by atoms with van der Waals surface area (Å²) in [4.78, 5) is 4.86. The first-order valence-corrected chi connectivity index (χ1v) is 10.3. The molecular weight excluding hydrogens is 404 g/mol. The van der Waals surface area contributed by atoms with E-state index in [0.717, 1.165) is 21.2 Å². The van der Waals surface area contributed by atoms with Crippen molar-refractivity contribution in [3.8, 4) is 5.75 Å². The SMILES string of the molecule is CS(=O)(=O)c1ccc(OCCNc2ccc3cccc(Br)c3n2)cc1. The van der Waals surface area contributed by atoms with Gasteiger partial charge in [0.2, 0.25) is 0 Å². The first-order valence-electron chi connectivity index (χ1n) is 7.65. The molecule has 3 rings (SSSR count). The molecule has 5 nitrogen and oxygen atoms in total. The number of aromatic nitrogens is 1. The van der Waals surface area contributed by atoms with Crippen molar-refractivity contribution in [3.05, 3.63) is 59.1 Å². The molecule has 1 N–H and O–H groups in total. The number of benzene rings is 2. The molecule has 0 spiro atoms. The van der Waals surface area contributed by atoms with E-state index in [0.29, 0.717) is 18.9 Å². The Kier molecular flexibility index (Phi) is 5.24. The third kappa shape index (κ3) is 4.49. The van der Waals surface area contributed by atoms with E-state index in [1.165, 1.54) is 6.26 Å². The molecule has 0 unspecified atom stereocenters. The van der Waals surface area contributed by atoms with Crippen LogP contribution in [0.2, 0.25) is 0 Å². The summed E-state index contributed by atoms with van der Waals surface area (Å²) in [5, 5.41) is 4.29. The monoisotopic (exact) mass is 420 g/mol. The minimum Gasteiger partial charge on any atom is -0.492 e. The summed E-state index contributed by atoms with van der Waals surface area (Å²) in [6.45, 7) is 1.02. The summed E-state index contributed by atoms with van der Waals surface area (Å²) >= 11 is 3.51. The molecule has 130 valence electrons. The van der Waals surface area contributed by atoms with Crippen LogP contribution in [-0.2, 0) is 9.84 Å². The van der Waals surface area contributed by atoms with Gasteiger partial charge in [-0.15, -0.1) is 0 Å². The fourth-order valence-electron chi connectivity index (χ4n) is 2.34. The highest BCUT2D eigenvalue weighted by atomic mass is 79.9. The van der Waals surface area contributed by atoms with Crippen LogP contribution in [-0.4, -0.2) is 32.8 Å². The molecule has 0 atom stereocenters. The Morgan fingerprint density at radius 3 is 2.56 bits per heavy atom. The molecule has 0 aliphatic heterocycles. The highest BCUT2D eigenvalue weighted by molar-refractivity contribution is 9.10. The second kappa shape index (κ2) is 7.41. The van der Waals surface area contributed by atoms with Gasteiger partial charge in [-0.3, -0.25) is 0 Å². The van der Waals surface area contributed by atoms with Crippen molar-refractivity contribution in [2.45, 2.75) is 4.90 Å².